The van der Waals surface area contributed by atoms with E-state index in [-0.39, 0.29) is 5.97 Å². The molecule has 1 aliphatic carbocycles. The number of ether oxygens (including phenoxy) is 1. The van der Waals surface area contributed by atoms with Gasteiger partial charge in [0.15, 0.2) is 5.96 Å². The number of nitrogens with one attached hydrogen (secondary N) is 2. The van der Waals surface area contributed by atoms with Gasteiger partial charge in [0.25, 0.3) is 0 Å². The first-order chi connectivity index (χ1) is 8.76. The van der Waals surface area contributed by atoms with E-state index < -0.39 is 0 Å². The second kappa shape index (κ2) is 8.55. The topological polar surface area (TPSA) is 62.7 Å². The molecule has 1 aliphatic rings. The Hall–Kier alpha value is -1.52. The Labute approximate surface area is 109 Å². The lowest BCUT2D eigenvalue weighted by Crippen LogP contribution is -2.42. The Balaban J connectivity index is 2.10. The van der Waals surface area contributed by atoms with Crippen LogP contribution in [0.5, 0.6) is 0 Å². The maximum absolute atomic E-state index is 11.1. The maximum Gasteiger partial charge on any atom is 0.305 e. The van der Waals surface area contributed by atoms with E-state index in [2.05, 4.69) is 27.8 Å². The molecule has 5 nitrogen and oxygen atoms in total. The third kappa shape index (κ3) is 5.70. The molecule has 102 valence electrons. The van der Waals surface area contributed by atoms with Crippen LogP contribution in [0.4, 0.5) is 0 Å². The standard InChI is InChI=1S/C13H23N3O2/c1-3-18-12(17)9-6-10-15-13(14-2)16-11-7-4-5-8-11/h4-5,11H,3,6-10H2,1-2H3,(H2,14,15,16). The number of carbonyl (C=O) groups is 1. The zero-order valence-corrected chi connectivity index (χ0v) is 11.2. The minimum atomic E-state index is -0.137. The minimum absolute atomic E-state index is 0.137. The second-order valence-electron chi connectivity index (χ2n) is 4.19. The molecule has 0 fully saturated rings. The van der Waals surface area contributed by atoms with Crippen LogP contribution in [0.2, 0.25) is 0 Å². The summed E-state index contributed by atoms with van der Waals surface area (Å²) in [5.74, 6) is 0.662. The molecule has 0 spiro atoms. The van der Waals surface area contributed by atoms with Crippen molar-refractivity contribution >= 4 is 11.9 Å². The molecule has 0 saturated heterocycles. The third-order valence-corrected chi connectivity index (χ3v) is 2.73. The summed E-state index contributed by atoms with van der Waals surface area (Å²) >= 11 is 0. The number of guanidine groups is 1. The van der Waals surface area contributed by atoms with Gasteiger partial charge in [0.2, 0.25) is 0 Å². The van der Waals surface area contributed by atoms with Crippen LogP contribution < -0.4 is 10.6 Å². The summed E-state index contributed by atoms with van der Waals surface area (Å²) in [5.41, 5.74) is 0. The lowest BCUT2D eigenvalue weighted by atomic mass is 10.2. The van der Waals surface area contributed by atoms with Crippen molar-refractivity contribution in [3.05, 3.63) is 12.2 Å². The highest BCUT2D eigenvalue weighted by atomic mass is 16.5. The van der Waals surface area contributed by atoms with Crippen LogP contribution in [-0.2, 0) is 9.53 Å². The van der Waals surface area contributed by atoms with Crippen LogP contribution >= 0.6 is 0 Å². The molecule has 0 atom stereocenters. The highest BCUT2D eigenvalue weighted by Crippen LogP contribution is 2.08. The molecule has 18 heavy (non-hydrogen) atoms. The van der Waals surface area contributed by atoms with Crippen LogP contribution in [0, 0.1) is 0 Å². The number of nitrogens with zero attached hydrogens (tertiary/aromatic N) is 1. The first-order valence-electron chi connectivity index (χ1n) is 6.54. The van der Waals surface area contributed by atoms with Gasteiger partial charge in [-0.25, -0.2) is 0 Å². The molecule has 0 aromatic carbocycles. The van der Waals surface area contributed by atoms with E-state index in [0.29, 0.717) is 19.1 Å². The fourth-order valence-corrected chi connectivity index (χ4v) is 1.80. The number of carbonyl (C=O) groups excluding carboxylic acids is 1. The van der Waals surface area contributed by atoms with Crippen molar-refractivity contribution in [1.82, 2.24) is 10.6 Å². The molecule has 0 radical (unpaired) electrons. The van der Waals surface area contributed by atoms with Gasteiger partial charge in [0.05, 0.1) is 6.61 Å². The van der Waals surface area contributed by atoms with Crippen LogP contribution in [0.1, 0.15) is 32.6 Å². The maximum atomic E-state index is 11.1. The van der Waals surface area contributed by atoms with E-state index in [1.807, 2.05) is 6.92 Å². The largest absolute Gasteiger partial charge is 0.466 e. The predicted molar refractivity (Wildman–Crippen MR) is 72.5 cm³/mol. The molecular weight excluding hydrogens is 230 g/mol. The predicted octanol–water partition coefficient (Wildman–Crippen LogP) is 1.21. The lowest BCUT2D eigenvalue weighted by molar-refractivity contribution is -0.143. The van der Waals surface area contributed by atoms with Gasteiger partial charge in [-0.15, -0.1) is 0 Å². The first-order valence-corrected chi connectivity index (χ1v) is 6.54. The van der Waals surface area contributed by atoms with Gasteiger partial charge in [-0.05, 0) is 26.2 Å². The van der Waals surface area contributed by atoms with Gasteiger partial charge in [-0.2, -0.15) is 0 Å². The van der Waals surface area contributed by atoms with E-state index in [1.54, 1.807) is 7.05 Å². The molecule has 1 rings (SSSR count). The second-order valence-corrected chi connectivity index (χ2v) is 4.19. The van der Waals surface area contributed by atoms with Crippen molar-refractivity contribution in [3.63, 3.8) is 0 Å². The van der Waals surface area contributed by atoms with Crippen LogP contribution in [-0.4, -0.2) is 38.2 Å². The number of esters is 1. The quantitative estimate of drug-likeness (QED) is 0.246. The van der Waals surface area contributed by atoms with Crippen molar-refractivity contribution < 1.29 is 9.53 Å². The Morgan fingerprint density at radius 2 is 2.17 bits per heavy atom. The molecular formula is C13H23N3O2. The van der Waals surface area contributed by atoms with Crippen LogP contribution in [0.25, 0.3) is 0 Å². The number of rotatable bonds is 6. The average Bonchev–Trinajstić information content (AvgIpc) is 2.86. The van der Waals surface area contributed by atoms with E-state index >= 15 is 0 Å². The summed E-state index contributed by atoms with van der Waals surface area (Å²) in [6, 6.07) is 0.446. The minimum Gasteiger partial charge on any atom is -0.466 e. The van der Waals surface area contributed by atoms with E-state index in [9.17, 15) is 4.79 Å². The van der Waals surface area contributed by atoms with Gasteiger partial charge < -0.3 is 15.4 Å². The molecule has 0 heterocycles. The van der Waals surface area contributed by atoms with Gasteiger partial charge in [-0.1, -0.05) is 12.2 Å². The molecule has 2 N–H and O–H groups in total. The third-order valence-electron chi connectivity index (χ3n) is 2.73. The number of hydrogen-bond acceptors (Lipinski definition) is 3. The van der Waals surface area contributed by atoms with E-state index in [1.165, 1.54) is 0 Å². The fraction of sp³-hybridized carbons (Fsp3) is 0.692. The van der Waals surface area contributed by atoms with E-state index in [0.717, 1.165) is 31.8 Å². The zero-order chi connectivity index (χ0) is 13.2. The first kappa shape index (κ1) is 14.5. The Bertz CT molecular complexity index is 305. The Morgan fingerprint density at radius 3 is 2.78 bits per heavy atom. The van der Waals surface area contributed by atoms with Crippen molar-refractivity contribution in [3.8, 4) is 0 Å². The monoisotopic (exact) mass is 253 g/mol. The van der Waals surface area contributed by atoms with Gasteiger partial charge in [0.1, 0.15) is 0 Å². The summed E-state index contributed by atoms with van der Waals surface area (Å²) in [7, 11) is 1.75. The van der Waals surface area contributed by atoms with Crippen molar-refractivity contribution in [1.29, 1.82) is 0 Å². The van der Waals surface area contributed by atoms with Gasteiger partial charge >= 0.3 is 5.97 Å². The van der Waals surface area contributed by atoms with Gasteiger partial charge in [0, 0.05) is 26.1 Å². The van der Waals surface area contributed by atoms with Gasteiger partial charge in [-0.3, -0.25) is 9.79 Å². The van der Waals surface area contributed by atoms with Crippen molar-refractivity contribution in [2.24, 2.45) is 4.99 Å². The summed E-state index contributed by atoms with van der Waals surface area (Å²) < 4.78 is 4.86. The zero-order valence-electron chi connectivity index (χ0n) is 11.2. The number of aliphatic imine (C=N–C) groups is 1. The van der Waals surface area contributed by atoms with Crippen LogP contribution in [0.3, 0.4) is 0 Å². The normalized spacial score (nSPS) is 15.8. The molecule has 0 unspecified atom stereocenters. The van der Waals surface area contributed by atoms with Crippen molar-refractivity contribution in [2.45, 2.75) is 38.6 Å². The van der Waals surface area contributed by atoms with Crippen molar-refractivity contribution in [2.75, 3.05) is 20.2 Å². The molecule has 0 bridgehead atoms. The molecule has 0 aromatic heterocycles. The SMILES string of the molecule is CCOC(=O)CCCNC(=NC)NC1CC=CC1. The Kier molecular flexibility index (Phi) is 6.91. The lowest BCUT2D eigenvalue weighted by Gasteiger charge is -2.16. The molecule has 5 heteroatoms. The highest BCUT2D eigenvalue weighted by Gasteiger charge is 2.11. The molecule has 0 aliphatic heterocycles. The average molecular weight is 253 g/mol. The summed E-state index contributed by atoms with van der Waals surface area (Å²) in [6.45, 7) is 2.99. The summed E-state index contributed by atoms with van der Waals surface area (Å²) in [5, 5.41) is 6.54. The molecule has 0 saturated carbocycles. The Morgan fingerprint density at radius 1 is 1.44 bits per heavy atom. The highest BCUT2D eigenvalue weighted by molar-refractivity contribution is 5.80. The number of hydrogen-bond donors (Lipinski definition) is 2. The summed E-state index contributed by atoms with van der Waals surface area (Å²) in [4.78, 5) is 15.3. The van der Waals surface area contributed by atoms with Crippen LogP contribution in [0.15, 0.2) is 17.1 Å². The fourth-order valence-electron chi connectivity index (χ4n) is 1.80. The van der Waals surface area contributed by atoms with E-state index in [4.69, 9.17) is 4.74 Å². The molecule has 0 aromatic rings. The summed E-state index contributed by atoms with van der Waals surface area (Å²) in [6.07, 6.45) is 7.63. The molecule has 0 amide bonds. The smallest absolute Gasteiger partial charge is 0.305 e.